The number of rotatable bonds is 5. The van der Waals surface area contributed by atoms with Crippen molar-refractivity contribution < 1.29 is 9.59 Å². The molecular formula is C12H17N3O2. The van der Waals surface area contributed by atoms with Gasteiger partial charge in [0.05, 0.1) is 6.54 Å². The first-order valence-corrected chi connectivity index (χ1v) is 5.51. The van der Waals surface area contributed by atoms with Gasteiger partial charge in [-0.25, -0.2) is 4.79 Å². The first kappa shape index (κ1) is 13.2. The lowest BCUT2D eigenvalue weighted by atomic mass is 10.0. The number of hydrogen-bond donors (Lipinski definition) is 3. The summed E-state index contributed by atoms with van der Waals surface area (Å²) in [7, 11) is 0. The molecule has 17 heavy (non-hydrogen) atoms. The van der Waals surface area contributed by atoms with E-state index in [1.165, 1.54) is 0 Å². The van der Waals surface area contributed by atoms with E-state index in [9.17, 15) is 9.59 Å². The van der Waals surface area contributed by atoms with Crippen molar-refractivity contribution in [3.05, 3.63) is 35.9 Å². The summed E-state index contributed by atoms with van der Waals surface area (Å²) in [6, 6.07) is 9.09. The molecule has 0 spiro atoms. The second-order valence-corrected chi connectivity index (χ2v) is 3.66. The molecule has 0 aliphatic heterocycles. The second kappa shape index (κ2) is 6.65. The lowest BCUT2D eigenvalue weighted by Gasteiger charge is -2.16. The maximum Gasteiger partial charge on any atom is 0.318 e. The van der Waals surface area contributed by atoms with Crippen molar-refractivity contribution in [2.75, 3.05) is 6.54 Å². The van der Waals surface area contributed by atoms with E-state index in [4.69, 9.17) is 5.73 Å². The Hall–Kier alpha value is -1.88. The van der Waals surface area contributed by atoms with E-state index in [2.05, 4.69) is 5.32 Å². The quantitative estimate of drug-likeness (QED) is 0.709. The van der Waals surface area contributed by atoms with Crippen molar-refractivity contribution >= 4 is 11.9 Å². The maximum absolute atomic E-state index is 11.2. The van der Waals surface area contributed by atoms with Gasteiger partial charge in [-0.2, -0.15) is 0 Å². The van der Waals surface area contributed by atoms with E-state index >= 15 is 0 Å². The molecule has 0 aliphatic carbocycles. The van der Waals surface area contributed by atoms with Crippen LogP contribution in [0.25, 0.3) is 0 Å². The number of hydrogen-bond acceptors (Lipinski definition) is 3. The van der Waals surface area contributed by atoms with Gasteiger partial charge in [0, 0.05) is 6.04 Å². The molecule has 5 heteroatoms. The monoisotopic (exact) mass is 235 g/mol. The summed E-state index contributed by atoms with van der Waals surface area (Å²) >= 11 is 0. The molecule has 0 fully saturated rings. The summed E-state index contributed by atoms with van der Waals surface area (Å²) in [6.07, 6.45) is 0.855. The fourth-order valence-corrected chi connectivity index (χ4v) is 1.58. The Bertz CT molecular complexity index is 379. The van der Waals surface area contributed by atoms with Crippen LogP contribution in [0.4, 0.5) is 4.79 Å². The molecule has 1 atom stereocenters. The molecule has 3 amide bonds. The largest absolute Gasteiger partial charge is 0.351 e. The van der Waals surface area contributed by atoms with Gasteiger partial charge in [-0.1, -0.05) is 37.3 Å². The third-order valence-electron chi connectivity index (χ3n) is 2.38. The molecule has 0 bridgehead atoms. The highest BCUT2D eigenvalue weighted by Gasteiger charge is 2.10. The van der Waals surface area contributed by atoms with Crippen LogP contribution >= 0.6 is 0 Å². The van der Waals surface area contributed by atoms with Crippen LogP contribution in [-0.4, -0.2) is 18.5 Å². The van der Waals surface area contributed by atoms with Gasteiger partial charge in [-0.3, -0.25) is 10.1 Å². The predicted molar refractivity (Wildman–Crippen MR) is 65.2 cm³/mol. The predicted octanol–water partition coefficient (Wildman–Crippen LogP) is 0.922. The van der Waals surface area contributed by atoms with E-state index in [1.807, 2.05) is 42.6 Å². The molecule has 0 aliphatic rings. The van der Waals surface area contributed by atoms with Crippen LogP contribution in [-0.2, 0) is 4.79 Å². The fraction of sp³-hybridized carbons (Fsp3) is 0.333. The van der Waals surface area contributed by atoms with Gasteiger partial charge >= 0.3 is 6.03 Å². The number of amides is 3. The second-order valence-electron chi connectivity index (χ2n) is 3.66. The molecule has 1 aromatic rings. The summed E-state index contributed by atoms with van der Waals surface area (Å²) in [5, 5.41) is 5.08. The highest BCUT2D eigenvalue weighted by atomic mass is 16.2. The highest BCUT2D eigenvalue weighted by molar-refractivity contribution is 5.94. The topological polar surface area (TPSA) is 84.2 Å². The van der Waals surface area contributed by atoms with Crippen LogP contribution < -0.4 is 16.4 Å². The number of nitrogens with two attached hydrogens (primary N) is 1. The van der Waals surface area contributed by atoms with E-state index in [1.54, 1.807) is 0 Å². The minimum atomic E-state index is -0.829. The van der Waals surface area contributed by atoms with Gasteiger partial charge in [-0.05, 0) is 12.0 Å². The van der Waals surface area contributed by atoms with Crippen molar-refractivity contribution in [3.8, 4) is 0 Å². The van der Waals surface area contributed by atoms with Gasteiger partial charge in [-0.15, -0.1) is 0 Å². The minimum absolute atomic E-state index is 0.0658. The van der Waals surface area contributed by atoms with E-state index < -0.39 is 11.9 Å². The van der Waals surface area contributed by atoms with Gasteiger partial charge in [0.1, 0.15) is 0 Å². The fourth-order valence-electron chi connectivity index (χ4n) is 1.58. The van der Waals surface area contributed by atoms with E-state index in [0.717, 1.165) is 12.0 Å². The third-order valence-corrected chi connectivity index (χ3v) is 2.38. The summed E-state index contributed by atoms with van der Waals surface area (Å²) in [4.78, 5) is 21.7. The van der Waals surface area contributed by atoms with Crippen LogP contribution in [0.5, 0.6) is 0 Å². The molecule has 1 rings (SSSR count). The number of benzene rings is 1. The highest BCUT2D eigenvalue weighted by Crippen LogP contribution is 2.15. The average molecular weight is 235 g/mol. The standard InChI is InChI=1S/C12H17N3O2/c1-2-10(9-6-4-3-5-7-9)14-8-11(16)15-12(13)17/h3-7,10,14H,2,8H2,1H3,(H3,13,15,16,17). The SMILES string of the molecule is CCC(NCC(=O)NC(N)=O)c1ccccc1. The van der Waals surface area contributed by atoms with Gasteiger partial charge in [0.15, 0.2) is 0 Å². The molecule has 0 heterocycles. The van der Waals surface area contributed by atoms with E-state index in [0.29, 0.717) is 0 Å². The molecule has 5 nitrogen and oxygen atoms in total. The summed E-state index contributed by atoms with van der Waals surface area (Å²) in [5.41, 5.74) is 5.96. The maximum atomic E-state index is 11.2. The zero-order chi connectivity index (χ0) is 12.7. The van der Waals surface area contributed by atoms with Crippen molar-refractivity contribution in [3.63, 3.8) is 0 Å². The van der Waals surface area contributed by atoms with E-state index in [-0.39, 0.29) is 12.6 Å². The molecule has 0 saturated heterocycles. The Labute approximate surface area is 100 Å². The van der Waals surface area contributed by atoms with Gasteiger partial charge in [0.2, 0.25) is 5.91 Å². The Morgan fingerprint density at radius 3 is 2.47 bits per heavy atom. The number of nitrogens with one attached hydrogen (secondary N) is 2. The van der Waals surface area contributed by atoms with Crippen LogP contribution in [0, 0.1) is 0 Å². The van der Waals surface area contributed by atoms with Crippen molar-refractivity contribution in [1.29, 1.82) is 0 Å². The molecule has 0 radical (unpaired) electrons. The number of carbonyl (C=O) groups excluding carboxylic acids is 2. The number of carbonyl (C=O) groups is 2. The lowest BCUT2D eigenvalue weighted by molar-refractivity contribution is -0.119. The molecule has 0 saturated carbocycles. The zero-order valence-corrected chi connectivity index (χ0v) is 9.77. The molecule has 1 unspecified atom stereocenters. The Morgan fingerprint density at radius 1 is 1.29 bits per heavy atom. The number of primary amides is 1. The Balaban J connectivity index is 2.49. The lowest BCUT2D eigenvalue weighted by Crippen LogP contribution is -2.41. The smallest absolute Gasteiger partial charge is 0.318 e. The van der Waals surface area contributed by atoms with Crippen LogP contribution in [0.15, 0.2) is 30.3 Å². The van der Waals surface area contributed by atoms with Gasteiger partial charge in [0.25, 0.3) is 0 Å². The van der Waals surface area contributed by atoms with Gasteiger partial charge < -0.3 is 11.1 Å². The first-order chi connectivity index (χ1) is 8.13. The molecule has 92 valence electrons. The summed E-state index contributed by atoms with van der Waals surface area (Å²) in [6.45, 7) is 2.09. The molecule has 4 N–H and O–H groups in total. The van der Waals surface area contributed by atoms with Crippen molar-refractivity contribution in [2.45, 2.75) is 19.4 Å². The zero-order valence-electron chi connectivity index (χ0n) is 9.77. The molecular weight excluding hydrogens is 218 g/mol. The van der Waals surface area contributed by atoms with Crippen LogP contribution in [0.3, 0.4) is 0 Å². The molecule has 0 aromatic heterocycles. The Morgan fingerprint density at radius 2 is 1.94 bits per heavy atom. The molecule has 1 aromatic carbocycles. The van der Waals surface area contributed by atoms with Crippen LogP contribution in [0.1, 0.15) is 24.9 Å². The van der Waals surface area contributed by atoms with Crippen molar-refractivity contribution in [1.82, 2.24) is 10.6 Å². The number of imide groups is 1. The normalized spacial score (nSPS) is 11.8. The minimum Gasteiger partial charge on any atom is -0.351 e. The summed E-state index contributed by atoms with van der Waals surface area (Å²) < 4.78 is 0. The average Bonchev–Trinajstić information content (AvgIpc) is 2.30. The number of urea groups is 1. The summed E-state index contributed by atoms with van der Waals surface area (Å²) in [5.74, 6) is -0.424. The Kier molecular flexibility index (Phi) is 5.16. The first-order valence-electron chi connectivity index (χ1n) is 5.51. The van der Waals surface area contributed by atoms with Crippen molar-refractivity contribution in [2.24, 2.45) is 5.73 Å². The van der Waals surface area contributed by atoms with Crippen LogP contribution in [0.2, 0.25) is 0 Å². The third kappa shape index (κ3) is 4.65.